The molecule has 5 heteroatoms. The van der Waals surface area contributed by atoms with Crippen LogP contribution in [0.3, 0.4) is 0 Å². The molecule has 1 aromatic rings. The molecule has 20 heavy (non-hydrogen) atoms. The Morgan fingerprint density at radius 2 is 2.05 bits per heavy atom. The second kappa shape index (κ2) is 6.13. The molecule has 1 unspecified atom stereocenters. The van der Waals surface area contributed by atoms with Crippen LogP contribution in [0.25, 0.3) is 0 Å². The Labute approximate surface area is 119 Å². The summed E-state index contributed by atoms with van der Waals surface area (Å²) < 4.78 is 15.9. The van der Waals surface area contributed by atoms with Crippen molar-refractivity contribution in [1.82, 2.24) is 5.32 Å². The van der Waals surface area contributed by atoms with E-state index in [-0.39, 0.29) is 12.4 Å². The van der Waals surface area contributed by atoms with Crippen LogP contribution in [-0.2, 0) is 15.1 Å². The molecule has 1 aliphatic rings. The molecule has 1 N–H and O–H groups in total. The molecule has 110 valence electrons. The minimum Gasteiger partial charge on any atom is -0.486 e. The molecule has 0 saturated heterocycles. The first-order valence-electron chi connectivity index (χ1n) is 6.81. The van der Waals surface area contributed by atoms with E-state index in [4.69, 9.17) is 14.2 Å². The minimum atomic E-state index is -0.488. The Bertz CT molecular complexity index is 489. The van der Waals surface area contributed by atoms with Crippen molar-refractivity contribution in [2.45, 2.75) is 25.8 Å². The average Bonchev–Trinajstić information content (AvgIpc) is 2.46. The second-order valence-electron chi connectivity index (χ2n) is 4.97. The zero-order chi connectivity index (χ0) is 14.6. The fraction of sp³-hybridized carbons (Fsp3) is 0.533. The third-order valence-electron chi connectivity index (χ3n) is 3.47. The van der Waals surface area contributed by atoms with Gasteiger partial charge in [-0.1, -0.05) is 13.0 Å². The summed E-state index contributed by atoms with van der Waals surface area (Å²) in [7, 11) is 1.40. The molecule has 1 aliphatic heterocycles. The van der Waals surface area contributed by atoms with Gasteiger partial charge in [-0.2, -0.15) is 0 Å². The highest BCUT2D eigenvalue weighted by Crippen LogP contribution is 2.35. The van der Waals surface area contributed by atoms with Crippen LogP contribution in [0.15, 0.2) is 18.2 Å². The Morgan fingerprint density at radius 3 is 2.70 bits per heavy atom. The van der Waals surface area contributed by atoms with Crippen molar-refractivity contribution < 1.29 is 19.0 Å². The van der Waals surface area contributed by atoms with Crippen LogP contribution in [-0.4, -0.2) is 32.8 Å². The zero-order valence-corrected chi connectivity index (χ0v) is 12.2. The maximum absolute atomic E-state index is 11.6. The maximum atomic E-state index is 11.6. The molecule has 1 aromatic carbocycles. The van der Waals surface area contributed by atoms with E-state index in [1.165, 1.54) is 7.11 Å². The standard InChI is InChI=1S/C15H21NO4/c1-4-16-15(2,10-14(17)18-3)11-5-6-12-13(9-11)20-8-7-19-12/h5-6,9,16H,4,7-8,10H2,1-3H3. The highest BCUT2D eigenvalue weighted by molar-refractivity contribution is 5.71. The number of benzene rings is 1. The molecule has 0 amide bonds. The van der Waals surface area contributed by atoms with Crippen LogP contribution in [0.1, 0.15) is 25.8 Å². The van der Waals surface area contributed by atoms with Gasteiger partial charge < -0.3 is 19.5 Å². The van der Waals surface area contributed by atoms with E-state index < -0.39 is 5.54 Å². The van der Waals surface area contributed by atoms with E-state index >= 15 is 0 Å². The number of hydrogen-bond donors (Lipinski definition) is 1. The van der Waals surface area contributed by atoms with E-state index in [1.54, 1.807) is 0 Å². The molecule has 5 nitrogen and oxygen atoms in total. The summed E-state index contributed by atoms with van der Waals surface area (Å²) in [6.07, 6.45) is 0.261. The number of carbonyl (C=O) groups excluding carboxylic acids is 1. The van der Waals surface area contributed by atoms with Gasteiger partial charge in [0.15, 0.2) is 11.5 Å². The van der Waals surface area contributed by atoms with Gasteiger partial charge in [0.1, 0.15) is 13.2 Å². The fourth-order valence-electron chi connectivity index (χ4n) is 2.40. The number of ether oxygens (including phenoxy) is 3. The number of carbonyl (C=O) groups is 1. The Hall–Kier alpha value is -1.75. The lowest BCUT2D eigenvalue weighted by atomic mass is 9.88. The Balaban J connectivity index is 2.30. The summed E-state index contributed by atoms with van der Waals surface area (Å²) in [5, 5.41) is 3.35. The van der Waals surface area contributed by atoms with E-state index in [1.807, 2.05) is 32.0 Å². The van der Waals surface area contributed by atoms with Crippen LogP contribution in [0, 0.1) is 0 Å². The maximum Gasteiger partial charge on any atom is 0.307 e. The molecule has 0 radical (unpaired) electrons. The minimum absolute atomic E-state index is 0.247. The summed E-state index contributed by atoms with van der Waals surface area (Å²) >= 11 is 0. The highest BCUT2D eigenvalue weighted by atomic mass is 16.6. The van der Waals surface area contributed by atoms with E-state index in [9.17, 15) is 4.79 Å². The lowest BCUT2D eigenvalue weighted by Crippen LogP contribution is -2.41. The summed E-state index contributed by atoms with van der Waals surface area (Å²) in [6.45, 7) is 5.86. The van der Waals surface area contributed by atoms with Gasteiger partial charge in [-0.05, 0) is 31.2 Å². The molecule has 0 bridgehead atoms. The first-order chi connectivity index (χ1) is 9.59. The number of methoxy groups -OCH3 is 1. The molecule has 0 fully saturated rings. The molecule has 1 heterocycles. The van der Waals surface area contributed by atoms with Gasteiger partial charge in [0.25, 0.3) is 0 Å². The molecule has 0 spiro atoms. The number of fused-ring (bicyclic) bond motifs is 1. The van der Waals surface area contributed by atoms with Crippen molar-refractivity contribution in [2.24, 2.45) is 0 Å². The van der Waals surface area contributed by atoms with Crippen LogP contribution in [0.4, 0.5) is 0 Å². The first kappa shape index (κ1) is 14.7. The van der Waals surface area contributed by atoms with Crippen molar-refractivity contribution in [3.8, 4) is 11.5 Å². The largest absolute Gasteiger partial charge is 0.486 e. The monoisotopic (exact) mass is 279 g/mol. The average molecular weight is 279 g/mol. The quantitative estimate of drug-likeness (QED) is 0.834. The molecular weight excluding hydrogens is 258 g/mol. The summed E-state index contributed by atoms with van der Waals surface area (Å²) in [5.74, 6) is 1.22. The van der Waals surface area contributed by atoms with Crippen LogP contribution >= 0.6 is 0 Å². The van der Waals surface area contributed by atoms with Crippen LogP contribution < -0.4 is 14.8 Å². The Kier molecular flexibility index (Phi) is 4.49. The van der Waals surface area contributed by atoms with Gasteiger partial charge in [-0.15, -0.1) is 0 Å². The van der Waals surface area contributed by atoms with E-state index in [0.717, 1.165) is 23.6 Å². The number of rotatable bonds is 5. The van der Waals surface area contributed by atoms with Crippen molar-refractivity contribution in [1.29, 1.82) is 0 Å². The normalized spacial score (nSPS) is 16.4. The van der Waals surface area contributed by atoms with Gasteiger partial charge in [-0.3, -0.25) is 4.79 Å². The molecule has 1 atom stereocenters. The Morgan fingerprint density at radius 1 is 1.35 bits per heavy atom. The third-order valence-corrected chi connectivity index (χ3v) is 3.47. The van der Waals surface area contributed by atoms with Crippen molar-refractivity contribution in [3.05, 3.63) is 23.8 Å². The van der Waals surface area contributed by atoms with Crippen LogP contribution in [0.5, 0.6) is 11.5 Å². The second-order valence-corrected chi connectivity index (χ2v) is 4.97. The molecule has 0 saturated carbocycles. The van der Waals surface area contributed by atoms with Gasteiger partial charge in [0.2, 0.25) is 0 Å². The van der Waals surface area contributed by atoms with Gasteiger partial charge in [0.05, 0.1) is 19.1 Å². The SMILES string of the molecule is CCNC(C)(CC(=O)OC)c1ccc2c(c1)OCCO2. The smallest absolute Gasteiger partial charge is 0.307 e. The first-order valence-corrected chi connectivity index (χ1v) is 6.81. The molecule has 0 aromatic heterocycles. The number of nitrogens with one attached hydrogen (secondary N) is 1. The van der Waals surface area contributed by atoms with Gasteiger partial charge in [0, 0.05) is 0 Å². The number of esters is 1. The lowest BCUT2D eigenvalue weighted by molar-refractivity contribution is -0.142. The third kappa shape index (κ3) is 3.04. The van der Waals surface area contributed by atoms with Gasteiger partial charge in [-0.25, -0.2) is 0 Å². The molecule has 2 rings (SSSR count). The van der Waals surface area contributed by atoms with Crippen molar-refractivity contribution in [3.63, 3.8) is 0 Å². The van der Waals surface area contributed by atoms with E-state index in [2.05, 4.69) is 5.32 Å². The zero-order valence-electron chi connectivity index (χ0n) is 12.2. The van der Waals surface area contributed by atoms with E-state index in [0.29, 0.717) is 13.2 Å². The van der Waals surface area contributed by atoms with Crippen molar-refractivity contribution >= 4 is 5.97 Å². The fourth-order valence-corrected chi connectivity index (χ4v) is 2.40. The van der Waals surface area contributed by atoms with Gasteiger partial charge >= 0.3 is 5.97 Å². The predicted molar refractivity (Wildman–Crippen MR) is 75.1 cm³/mol. The summed E-state index contributed by atoms with van der Waals surface area (Å²) in [5.41, 5.74) is 0.492. The summed E-state index contributed by atoms with van der Waals surface area (Å²) in [4.78, 5) is 11.6. The summed E-state index contributed by atoms with van der Waals surface area (Å²) in [6, 6.07) is 5.77. The predicted octanol–water partition coefficient (Wildman–Crippen LogP) is 1.85. The highest BCUT2D eigenvalue weighted by Gasteiger charge is 2.30. The topological polar surface area (TPSA) is 56.8 Å². The lowest BCUT2D eigenvalue weighted by Gasteiger charge is -2.31. The number of hydrogen-bond acceptors (Lipinski definition) is 5. The van der Waals surface area contributed by atoms with Crippen molar-refractivity contribution in [2.75, 3.05) is 26.9 Å². The van der Waals surface area contributed by atoms with Crippen LogP contribution in [0.2, 0.25) is 0 Å². The molecular formula is C15H21NO4. The molecule has 0 aliphatic carbocycles.